The van der Waals surface area contributed by atoms with E-state index in [1.807, 2.05) is 29.2 Å². The summed E-state index contributed by atoms with van der Waals surface area (Å²) in [6.45, 7) is 0. The van der Waals surface area contributed by atoms with Gasteiger partial charge in [-0.2, -0.15) is 0 Å². The molecule has 3 rings (SSSR count). The van der Waals surface area contributed by atoms with Gasteiger partial charge in [0.2, 0.25) is 0 Å². The number of nitrogens with one attached hydrogen (secondary N) is 2. The van der Waals surface area contributed by atoms with Crippen molar-refractivity contribution in [3.8, 4) is 0 Å². The predicted octanol–water partition coefficient (Wildman–Crippen LogP) is 1.46. The number of benzene rings is 2. The monoisotopic (exact) mass is 318 g/mol. The summed E-state index contributed by atoms with van der Waals surface area (Å²) in [6.07, 6.45) is 0.460. The van der Waals surface area contributed by atoms with Gasteiger partial charge >= 0.3 is 5.97 Å². The third kappa shape index (κ3) is 2.95. The Balaban J connectivity index is 1.62. The minimum atomic E-state index is -3.87. The Kier molecular flexibility index (Phi) is 3.82. The molecular formula is C15H14N2O4S. The molecule has 114 valence electrons. The summed E-state index contributed by atoms with van der Waals surface area (Å²) < 4.78 is 23.9. The summed E-state index contributed by atoms with van der Waals surface area (Å²) in [7, 11) is -3.87. The standard InChI is InChI=1S/C15H14N2O4S/c18-15(14-10-11-6-4-5-9-13(11)16-14)21-17-22(19,20)12-7-2-1-3-8-12/h1-9,14,16-17H,10H2. The van der Waals surface area contributed by atoms with Gasteiger partial charge in [0.15, 0.2) is 0 Å². The molecule has 6 nitrogen and oxygen atoms in total. The fourth-order valence-electron chi connectivity index (χ4n) is 2.25. The molecule has 0 aliphatic carbocycles. The number of anilines is 1. The summed E-state index contributed by atoms with van der Waals surface area (Å²) >= 11 is 0. The minimum Gasteiger partial charge on any atom is -0.372 e. The van der Waals surface area contributed by atoms with E-state index in [-0.39, 0.29) is 4.90 Å². The van der Waals surface area contributed by atoms with Gasteiger partial charge in [0, 0.05) is 12.1 Å². The molecule has 1 aliphatic rings. The average molecular weight is 318 g/mol. The molecule has 0 aromatic heterocycles. The van der Waals surface area contributed by atoms with Crippen LogP contribution in [0.5, 0.6) is 0 Å². The van der Waals surface area contributed by atoms with Crippen LogP contribution in [0.15, 0.2) is 59.5 Å². The molecule has 0 radical (unpaired) electrons. The fraction of sp³-hybridized carbons (Fsp3) is 0.133. The Morgan fingerprint density at radius 3 is 2.50 bits per heavy atom. The Morgan fingerprint density at radius 1 is 1.09 bits per heavy atom. The molecule has 1 heterocycles. The summed E-state index contributed by atoms with van der Waals surface area (Å²) in [4.78, 5) is 18.6. The first-order valence-electron chi connectivity index (χ1n) is 6.68. The zero-order valence-electron chi connectivity index (χ0n) is 11.5. The lowest BCUT2D eigenvalue weighted by molar-refractivity contribution is -0.147. The van der Waals surface area contributed by atoms with Gasteiger partial charge < -0.3 is 10.2 Å². The molecule has 2 aromatic carbocycles. The molecule has 1 unspecified atom stereocenters. The number of para-hydroxylation sites is 1. The highest BCUT2D eigenvalue weighted by molar-refractivity contribution is 7.89. The zero-order valence-corrected chi connectivity index (χ0v) is 12.3. The lowest BCUT2D eigenvalue weighted by Gasteiger charge is -2.11. The third-order valence-corrected chi connectivity index (χ3v) is 4.56. The second-order valence-corrected chi connectivity index (χ2v) is 6.52. The highest BCUT2D eigenvalue weighted by atomic mass is 32.2. The maximum Gasteiger partial charge on any atom is 0.348 e. The summed E-state index contributed by atoms with van der Waals surface area (Å²) in [5.74, 6) is -0.671. The van der Waals surface area contributed by atoms with Crippen LogP contribution in [0.2, 0.25) is 0 Å². The van der Waals surface area contributed by atoms with Crippen molar-refractivity contribution in [2.45, 2.75) is 17.4 Å². The molecule has 0 spiro atoms. The second-order valence-electron chi connectivity index (χ2n) is 4.88. The van der Waals surface area contributed by atoms with Gasteiger partial charge in [-0.15, -0.1) is 0 Å². The first-order valence-corrected chi connectivity index (χ1v) is 8.16. The normalized spacial score (nSPS) is 16.6. The first-order chi connectivity index (χ1) is 10.6. The van der Waals surface area contributed by atoms with Crippen LogP contribution in [0.25, 0.3) is 0 Å². The van der Waals surface area contributed by atoms with E-state index in [1.54, 1.807) is 18.2 Å². The van der Waals surface area contributed by atoms with E-state index in [1.165, 1.54) is 12.1 Å². The molecule has 0 saturated carbocycles. The third-order valence-electron chi connectivity index (χ3n) is 3.36. The van der Waals surface area contributed by atoms with E-state index in [2.05, 4.69) is 5.32 Å². The van der Waals surface area contributed by atoms with Crippen molar-refractivity contribution in [3.05, 3.63) is 60.2 Å². The predicted molar refractivity (Wildman–Crippen MR) is 80.4 cm³/mol. The van der Waals surface area contributed by atoms with Crippen LogP contribution in [-0.4, -0.2) is 20.4 Å². The van der Waals surface area contributed by atoms with Crippen LogP contribution >= 0.6 is 0 Å². The van der Waals surface area contributed by atoms with Crippen LogP contribution in [0.3, 0.4) is 0 Å². The van der Waals surface area contributed by atoms with Crippen molar-refractivity contribution in [1.82, 2.24) is 4.89 Å². The van der Waals surface area contributed by atoms with Crippen LogP contribution < -0.4 is 10.2 Å². The van der Waals surface area contributed by atoms with E-state index in [4.69, 9.17) is 4.84 Å². The Labute approximate surface area is 128 Å². The van der Waals surface area contributed by atoms with Gasteiger partial charge in [0.1, 0.15) is 6.04 Å². The van der Waals surface area contributed by atoms with E-state index in [9.17, 15) is 13.2 Å². The highest BCUT2D eigenvalue weighted by Gasteiger charge is 2.29. The van der Waals surface area contributed by atoms with Crippen molar-refractivity contribution >= 4 is 21.7 Å². The molecule has 2 aromatic rings. The van der Waals surface area contributed by atoms with E-state index < -0.39 is 22.0 Å². The SMILES string of the molecule is O=C(ONS(=O)(=O)c1ccccc1)C1Cc2ccccc2N1. The molecule has 22 heavy (non-hydrogen) atoms. The van der Waals surface area contributed by atoms with Gasteiger partial charge in [0.25, 0.3) is 10.0 Å². The number of hydrogen-bond donors (Lipinski definition) is 2. The van der Waals surface area contributed by atoms with Gasteiger partial charge in [-0.25, -0.2) is 13.2 Å². The molecule has 1 aliphatic heterocycles. The molecule has 0 bridgehead atoms. The summed E-state index contributed by atoms with van der Waals surface area (Å²) in [5.41, 5.74) is 1.85. The maximum absolute atomic E-state index is 12.0. The van der Waals surface area contributed by atoms with Crippen LogP contribution in [0.1, 0.15) is 5.56 Å². The molecule has 2 N–H and O–H groups in total. The quantitative estimate of drug-likeness (QED) is 0.834. The lowest BCUT2D eigenvalue weighted by atomic mass is 10.1. The molecule has 0 saturated heterocycles. The van der Waals surface area contributed by atoms with E-state index in [0.29, 0.717) is 6.42 Å². The number of carbonyl (C=O) groups excluding carboxylic acids is 1. The number of rotatable bonds is 4. The molecule has 1 atom stereocenters. The molecular weight excluding hydrogens is 304 g/mol. The number of hydrogen-bond acceptors (Lipinski definition) is 5. The minimum absolute atomic E-state index is 0.0328. The van der Waals surface area contributed by atoms with E-state index >= 15 is 0 Å². The Morgan fingerprint density at radius 2 is 1.77 bits per heavy atom. The van der Waals surface area contributed by atoms with Crippen molar-refractivity contribution in [3.63, 3.8) is 0 Å². The summed E-state index contributed by atoms with van der Waals surface area (Å²) in [5, 5.41) is 3.00. The largest absolute Gasteiger partial charge is 0.372 e. The van der Waals surface area contributed by atoms with Gasteiger partial charge in [0.05, 0.1) is 4.90 Å². The second kappa shape index (κ2) is 5.78. The smallest absolute Gasteiger partial charge is 0.348 e. The molecule has 0 amide bonds. The molecule has 7 heteroatoms. The van der Waals surface area contributed by atoms with Crippen LogP contribution in [0, 0.1) is 0 Å². The van der Waals surface area contributed by atoms with Gasteiger partial charge in [-0.1, -0.05) is 36.4 Å². The summed E-state index contributed by atoms with van der Waals surface area (Å²) in [6, 6.07) is 14.6. The first kappa shape index (κ1) is 14.6. The number of fused-ring (bicyclic) bond motifs is 1. The van der Waals surface area contributed by atoms with Gasteiger partial charge in [-0.3, -0.25) is 0 Å². The lowest BCUT2D eigenvalue weighted by Crippen LogP contribution is -2.36. The highest BCUT2D eigenvalue weighted by Crippen LogP contribution is 2.25. The van der Waals surface area contributed by atoms with Crippen molar-refractivity contribution in [2.24, 2.45) is 0 Å². The Bertz CT molecular complexity index is 765. The fourth-order valence-corrected chi connectivity index (χ4v) is 3.06. The number of carbonyl (C=O) groups is 1. The van der Waals surface area contributed by atoms with Crippen molar-refractivity contribution in [1.29, 1.82) is 0 Å². The Hall–Kier alpha value is -2.38. The molecule has 0 fully saturated rings. The topological polar surface area (TPSA) is 84.5 Å². The van der Waals surface area contributed by atoms with Crippen molar-refractivity contribution in [2.75, 3.05) is 5.32 Å². The van der Waals surface area contributed by atoms with Crippen LogP contribution in [-0.2, 0) is 26.1 Å². The van der Waals surface area contributed by atoms with Crippen LogP contribution in [0.4, 0.5) is 5.69 Å². The zero-order chi connectivity index (χ0) is 15.6. The number of sulfonamides is 1. The van der Waals surface area contributed by atoms with Crippen molar-refractivity contribution < 1.29 is 18.0 Å². The maximum atomic E-state index is 12.0. The van der Waals surface area contributed by atoms with Gasteiger partial charge in [-0.05, 0) is 28.6 Å². The van der Waals surface area contributed by atoms with E-state index in [0.717, 1.165) is 11.3 Å². The average Bonchev–Trinajstić information content (AvgIpc) is 2.98.